The molecule has 1 N–H and O–H groups in total. The Kier molecular flexibility index (Phi) is 7.14. The molecule has 0 heterocycles. The molecule has 0 unspecified atom stereocenters. The van der Waals surface area contributed by atoms with Crippen molar-refractivity contribution in [1.82, 2.24) is 4.31 Å². The zero-order chi connectivity index (χ0) is 12.8. The summed E-state index contributed by atoms with van der Waals surface area (Å²) in [5.41, 5.74) is 0. The van der Waals surface area contributed by atoms with Crippen molar-refractivity contribution in [1.29, 1.82) is 0 Å². The molecule has 1 atom stereocenters. The van der Waals surface area contributed by atoms with Crippen molar-refractivity contribution in [2.45, 2.75) is 39.4 Å². The molecule has 0 fully saturated rings. The lowest BCUT2D eigenvalue weighted by molar-refractivity contribution is -0.0128. The van der Waals surface area contributed by atoms with Gasteiger partial charge in [-0.25, -0.2) is 8.42 Å². The lowest BCUT2D eigenvalue weighted by Crippen LogP contribution is -2.39. The molecule has 0 radical (unpaired) electrons. The van der Waals surface area contributed by atoms with Crippen LogP contribution in [0.3, 0.4) is 0 Å². The van der Waals surface area contributed by atoms with Gasteiger partial charge in [0.1, 0.15) is 0 Å². The first-order chi connectivity index (χ1) is 7.31. The van der Waals surface area contributed by atoms with E-state index >= 15 is 0 Å². The number of aliphatic hydroxyl groups excluding tert-OH is 1. The van der Waals surface area contributed by atoms with Gasteiger partial charge < -0.3 is 9.84 Å². The van der Waals surface area contributed by atoms with Gasteiger partial charge in [0.15, 0.2) is 0 Å². The van der Waals surface area contributed by atoms with Gasteiger partial charge in [0.25, 0.3) is 0 Å². The zero-order valence-electron chi connectivity index (χ0n) is 10.5. The normalized spacial score (nSPS) is 14.7. The fraction of sp³-hybridized carbons (Fsp3) is 1.00. The number of aliphatic hydroxyl groups is 1. The summed E-state index contributed by atoms with van der Waals surface area (Å²) >= 11 is 0. The Balaban J connectivity index is 4.46. The smallest absolute Gasteiger partial charge is 0.211 e. The third-order valence-corrected chi connectivity index (χ3v) is 3.49. The number of likely N-dealkylation sites (N-methyl/N-ethyl adjacent to an activating group) is 1. The molecule has 0 rings (SSSR count). The van der Waals surface area contributed by atoms with E-state index in [1.807, 2.05) is 13.8 Å². The Morgan fingerprint density at radius 2 is 1.94 bits per heavy atom. The highest BCUT2D eigenvalue weighted by Crippen LogP contribution is 2.08. The van der Waals surface area contributed by atoms with Crippen LogP contribution in [-0.2, 0) is 14.8 Å². The van der Waals surface area contributed by atoms with Crippen LogP contribution in [0.1, 0.15) is 27.2 Å². The first kappa shape index (κ1) is 15.8. The third-order valence-electron chi connectivity index (χ3n) is 2.14. The van der Waals surface area contributed by atoms with Crippen LogP contribution >= 0.6 is 0 Å². The quantitative estimate of drug-likeness (QED) is 0.682. The van der Waals surface area contributed by atoms with E-state index < -0.39 is 10.0 Å². The Labute approximate surface area is 98.5 Å². The fourth-order valence-electron chi connectivity index (χ4n) is 1.46. The number of ether oxygens (including phenoxy) is 1. The van der Waals surface area contributed by atoms with E-state index in [1.54, 1.807) is 6.92 Å². The van der Waals surface area contributed by atoms with Gasteiger partial charge in [-0.1, -0.05) is 6.92 Å². The van der Waals surface area contributed by atoms with Crippen molar-refractivity contribution >= 4 is 10.0 Å². The minimum absolute atomic E-state index is 0.00129. The maximum Gasteiger partial charge on any atom is 0.211 e. The SMILES string of the molecule is CCN(C[C@H](CCO)OC(C)C)S(C)(=O)=O. The monoisotopic (exact) mass is 253 g/mol. The van der Waals surface area contributed by atoms with Gasteiger partial charge in [0.05, 0.1) is 18.5 Å². The number of hydrogen-bond donors (Lipinski definition) is 1. The van der Waals surface area contributed by atoms with Crippen molar-refractivity contribution in [3.8, 4) is 0 Å². The van der Waals surface area contributed by atoms with E-state index in [0.717, 1.165) is 0 Å². The van der Waals surface area contributed by atoms with Crippen molar-refractivity contribution in [2.75, 3.05) is 26.0 Å². The second-order valence-corrected chi connectivity index (χ2v) is 6.02. The van der Waals surface area contributed by atoms with Crippen molar-refractivity contribution < 1.29 is 18.3 Å². The van der Waals surface area contributed by atoms with Crippen LogP contribution in [0, 0.1) is 0 Å². The second kappa shape index (κ2) is 7.21. The van der Waals surface area contributed by atoms with Crippen LogP contribution in [0.2, 0.25) is 0 Å². The van der Waals surface area contributed by atoms with E-state index in [-0.39, 0.29) is 18.8 Å². The Morgan fingerprint density at radius 1 is 1.38 bits per heavy atom. The fourth-order valence-corrected chi connectivity index (χ4v) is 2.36. The summed E-state index contributed by atoms with van der Waals surface area (Å²) in [6, 6.07) is 0. The average molecular weight is 253 g/mol. The standard InChI is InChI=1S/C10H23NO4S/c1-5-11(16(4,13)14)8-10(6-7-12)15-9(2)3/h9-10,12H,5-8H2,1-4H3/t10-/m0/s1. The molecule has 5 nitrogen and oxygen atoms in total. The predicted molar refractivity (Wildman–Crippen MR) is 63.8 cm³/mol. The van der Waals surface area contributed by atoms with Crippen molar-refractivity contribution in [3.63, 3.8) is 0 Å². The van der Waals surface area contributed by atoms with Crippen LogP contribution in [0.15, 0.2) is 0 Å². The number of hydrogen-bond acceptors (Lipinski definition) is 4. The summed E-state index contributed by atoms with van der Waals surface area (Å²) in [6.45, 7) is 6.28. The van der Waals surface area contributed by atoms with Gasteiger partial charge in [-0.15, -0.1) is 0 Å². The molecule has 0 aliphatic heterocycles. The largest absolute Gasteiger partial charge is 0.396 e. The molecule has 0 aliphatic rings. The van der Waals surface area contributed by atoms with Gasteiger partial charge in [-0.05, 0) is 20.3 Å². The Morgan fingerprint density at radius 3 is 2.25 bits per heavy atom. The number of rotatable bonds is 8. The van der Waals surface area contributed by atoms with E-state index in [0.29, 0.717) is 19.5 Å². The first-order valence-electron chi connectivity index (χ1n) is 5.52. The molecule has 0 bridgehead atoms. The van der Waals surface area contributed by atoms with Gasteiger partial charge >= 0.3 is 0 Å². The summed E-state index contributed by atoms with van der Waals surface area (Å²) in [7, 11) is -3.19. The van der Waals surface area contributed by atoms with E-state index in [1.165, 1.54) is 10.6 Å². The molecule has 0 aliphatic carbocycles. The molecule has 98 valence electrons. The average Bonchev–Trinajstić information content (AvgIpc) is 2.11. The summed E-state index contributed by atoms with van der Waals surface area (Å²) in [4.78, 5) is 0. The molecule has 16 heavy (non-hydrogen) atoms. The topological polar surface area (TPSA) is 66.8 Å². The molecule has 0 spiro atoms. The minimum atomic E-state index is -3.19. The highest BCUT2D eigenvalue weighted by Gasteiger charge is 2.20. The third kappa shape index (κ3) is 6.42. The van der Waals surface area contributed by atoms with E-state index in [9.17, 15) is 8.42 Å². The predicted octanol–water partition coefficient (Wildman–Crippen LogP) is 0.444. The highest BCUT2D eigenvalue weighted by molar-refractivity contribution is 7.88. The maximum absolute atomic E-state index is 11.4. The van der Waals surface area contributed by atoms with Gasteiger partial charge in [0.2, 0.25) is 10.0 Å². The molecular weight excluding hydrogens is 230 g/mol. The van der Waals surface area contributed by atoms with Crippen LogP contribution in [-0.4, -0.2) is 56.0 Å². The Bertz CT molecular complexity index is 277. The van der Waals surface area contributed by atoms with Crippen molar-refractivity contribution in [2.24, 2.45) is 0 Å². The van der Waals surface area contributed by atoms with Crippen molar-refractivity contribution in [3.05, 3.63) is 0 Å². The summed E-state index contributed by atoms with van der Waals surface area (Å²) in [5.74, 6) is 0. The van der Waals surface area contributed by atoms with Gasteiger partial charge in [-0.3, -0.25) is 0 Å². The van der Waals surface area contributed by atoms with Crippen LogP contribution in [0.5, 0.6) is 0 Å². The molecule has 6 heteroatoms. The van der Waals surface area contributed by atoms with Crippen LogP contribution in [0.4, 0.5) is 0 Å². The minimum Gasteiger partial charge on any atom is -0.396 e. The van der Waals surface area contributed by atoms with Gasteiger partial charge in [0, 0.05) is 19.7 Å². The molecule has 0 amide bonds. The lowest BCUT2D eigenvalue weighted by atomic mass is 10.2. The summed E-state index contributed by atoms with van der Waals surface area (Å²) in [5, 5.41) is 8.89. The van der Waals surface area contributed by atoms with Crippen LogP contribution in [0.25, 0.3) is 0 Å². The van der Waals surface area contributed by atoms with E-state index in [2.05, 4.69) is 0 Å². The number of sulfonamides is 1. The van der Waals surface area contributed by atoms with E-state index in [4.69, 9.17) is 9.84 Å². The number of nitrogens with zero attached hydrogens (tertiary/aromatic N) is 1. The second-order valence-electron chi connectivity index (χ2n) is 4.03. The summed E-state index contributed by atoms with van der Waals surface area (Å²) in [6.07, 6.45) is 1.40. The van der Waals surface area contributed by atoms with Gasteiger partial charge in [-0.2, -0.15) is 4.31 Å². The van der Waals surface area contributed by atoms with Crippen LogP contribution < -0.4 is 0 Å². The lowest BCUT2D eigenvalue weighted by Gasteiger charge is -2.26. The Hall–Kier alpha value is -0.170. The zero-order valence-corrected chi connectivity index (χ0v) is 11.3. The molecular formula is C10H23NO4S. The maximum atomic E-state index is 11.4. The molecule has 0 aromatic rings. The molecule has 0 saturated carbocycles. The molecule has 0 saturated heterocycles. The summed E-state index contributed by atoms with van der Waals surface area (Å²) < 4.78 is 29.7. The molecule has 0 aromatic heterocycles. The molecule has 0 aromatic carbocycles. The highest BCUT2D eigenvalue weighted by atomic mass is 32.2. The first-order valence-corrected chi connectivity index (χ1v) is 7.37.